The molecule has 1 heterocycles. The Balaban J connectivity index is 2.33. The van der Waals surface area contributed by atoms with E-state index >= 15 is 0 Å². The number of ether oxygens (including phenoxy) is 1. The molecular weight excluding hydrogens is 464 g/mol. The zero-order chi connectivity index (χ0) is 27.2. The van der Waals surface area contributed by atoms with Gasteiger partial charge in [-0.3, -0.25) is 9.36 Å². The smallest absolute Gasteiger partial charge is 0.271 e. The second kappa shape index (κ2) is 16.0. The normalized spacial score (nSPS) is 13.1. The largest absolute Gasteiger partial charge is 0.493 e. The summed E-state index contributed by atoms with van der Waals surface area (Å²) in [7, 11) is 0. The summed E-state index contributed by atoms with van der Waals surface area (Å²) in [6.07, 6.45) is 8.60. The summed E-state index contributed by atoms with van der Waals surface area (Å²) in [5, 5.41) is 29.5. The summed E-state index contributed by atoms with van der Waals surface area (Å²) in [6.45, 7) is 11.7. The summed E-state index contributed by atoms with van der Waals surface area (Å²) >= 11 is 0. The van der Waals surface area contributed by atoms with Crippen LogP contribution in [0.5, 0.6) is 5.88 Å². The van der Waals surface area contributed by atoms with Gasteiger partial charge in [-0.25, -0.2) is 0 Å². The maximum Gasteiger partial charge on any atom is 0.271 e. The van der Waals surface area contributed by atoms with Gasteiger partial charge in [-0.15, -0.1) is 10.2 Å². The highest BCUT2D eigenvalue weighted by atomic mass is 16.5. The predicted octanol–water partition coefficient (Wildman–Crippen LogP) is 8.10. The molecule has 0 spiro atoms. The van der Waals surface area contributed by atoms with E-state index in [0.29, 0.717) is 36.9 Å². The zero-order valence-electron chi connectivity index (χ0n) is 23.3. The van der Waals surface area contributed by atoms with Crippen molar-refractivity contribution in [3.63, 3.8) is 0 Å². The third-order valence-corrected chi connectivity index (χ3v) is 7.16. The van der Waals surface area contributed by atoms with Gasteiger partial charge >= 0.3 is 0 Å². The molecular formula is C30H44N4O3. The van der Waals surface area contributed by atoms with E-state index in [9.17, 15) is 15.2 Å². The van der Waals surface area contributed by atoms with Crippen molar-refractivity contribution in [2.75, 3.05) is 6.61 Å². The zero-order valence-corrected chi connectivity index (χ0v) is 23.3. The van der Waals surface area contributed by atoms with E-state index in [1.165, 1.54) is 23.8 Å². The molecule has 2 aromatic rings. The first-order valence-electron chi connectivity index (χ1n) is 13.8. The molecule has 1 N–H and O–H groups in total. The second-order valence-corrected chi connectivity index (χ2v) is 9.88. The lowest BCUT2D eigenvalue weighted by molar-refractivity contribution is 0.0822. The number of azo groups is 1. The molecule has 37 heavy (non-hydrogen) atoms. The number of nitriles is 1. The number of benzene rings is 1. The van der Waals surface area contributed by atoms with Gasteiger partial charge in [0.2, 0.25) is 5.88 Å². The lowest BCUT2D eigenvalue weighted by Crippen LogP contribution is -2.27. The van der Waals surface area contributed by atoms with Crippen molar-refractivity contribution in [2.24, 2.45) is 22.1 Å². The van der Waals surface area contributed by atoms with E-state index in [1.54, 1.807) is 6.92 Å². The van der Waals surface area contributed by atoms with Crippen LogP contribution in [0.4, 0.5) is 11.4 Å². The van der Waals surface area contributed by atoms with E-state index in [0.717, 1.165) is 37.7 Å². The highest BCUT2D eigenvalue weighted by Gasteiger charge is 2.21. The average molecular weight is 509 g/mol. The minimum absolute atomic E-state index is 0.00796. The van der Waals surface area contributed by atoms with Crippen LogP contribution in [0.25, 0.3) is 0 Å². The molecule has 7 nitrogen and oxygen atoms in total. The molecule has 0 fully saturated rings. The molecule has 7 heteroatoms. The number of unbranched alkanes of at least 4 members (excludes halogenated alkanes) is 2. The summed E-state index contributed by atoms with van der Waals surface area (Å²) in [4.78, 5) is 13.0. The quantitative estimate of drug-likeness (QED) is 0.231. The van der Waals surface area contributed by atoms with Gasteiger partial charge in [0.15, 0.2) is 5.69 Å². The van der Waals surface area contributed by atoms with E-state index in [2.05, 4.69) is 37.9 Å². The average Bonchev–Trinajstić information content (AvgIpc) is 2.91. The Morgan fingerprint density at radius 1 is 1.03 bits per heavy atom. The van der Waals surface area contributed by atoms with E-state index in [-0.39, 0.29) is 23.0 Å². The number of rotatable bonds is 16. The van der Waals surface area contributed by atoms with Gasteiger partial charge in [0.05, 0.1) is 12.3 Å². The number of hydrogen-bond donors (Lipinski definition) is 1. The fourth-order valence-electron chi connectivity index (χ4n) is 4.47. The van der Waals surface area contributed by atoms with Crippen molar-refractivity contribution in [1.29, 1.82) is 5.26 Å². The van der Waals surface area contributed by atoms with Crippen molar-refractivity contribution in [3.05, 3.63) is 51.3 Å². The molecule has 1 aromatic heterocycles. The maximum atomic E-state index is 13.0. The fourth-order valence-corrected chi connectivity index (χ4v) is 4.47. The molecule has 2 rings (SSSR count). The van der Waals surface area contributed by atoms with Crippen LogP contribution in [0.15, 0.2) is 39.3 Å². The molecule has 2 unspecified atom stereocenters. The Bertz CT molecular complexity index is 1120. The third-order valence-electron chi connectivity index (χ3n) is 7.16. The van der Waals surface area contributed by atoms with Crippen LogP contribution in [0, 0.1) is 30.1 Å². The monoisotopic (exact) mass is 508 g/mol. The van der Waals surface area contributed by atoms with Gasteiger partial charge in [0.25, 0.3) is 5.56 Å². The Morgan fingerprint density at radius 3 is 2.30 bits per heavy atom. The minimum Gasteiger partial charge on any atom is -0.493 e. The van der Waals surface area contributed by atoms with Crippen molar-refractivity contribution < 1.29 is 9.84 Å². The lowest BCUT2D eigenvalue weighted by Gasteiger charge is -2.19. The highest BCUT2D eigenvalue weighted by Crippen LogP contribution is 2.34. The molecule has 1 aromatic carbocycles. The minimum atomic E-state index is -0.478. The predicted molar refractivity (Wildman–Crippen MR) is 149 cm³/mol. The molecule has 0 amide bonds. The Morgan fingerprint density at radius 2 is 1.68 bits per heavy atom. The van der Waals surface area contributed by atoms with Crippen LogP contribution in [0.3, 0.4) is 0 Å². The Kier molecular flexibility index (Phi) is 13.1. The first kappa shape index (κ1) is 30.2. The van der Waals surface area contributed by atoms with Gasteiger partial charge < -0.3 is 9.84 Å². The maximum absolute atomic E-state index is 13.0. The van der Waals surface area contributed by atoms with Gasteiger partial charge in [-0.1, -0.05) is 84.4 Å². The SMILES string of the molecule is CCCCC(CC)COCc1ccccc1/N=N/c1c(C)c(C#N)c(=O)n(CC(CC)CCCC)c1O. The lowest BCUT2D eigenvalue weighted by atomic mass is 9.99. The Hall–Kier alpha value is -2.98. The summed E-state index contributed by atoms with van der Waals surface area (Å²) in [5.74, 6) is 0.531. The molecule has 0 aliphatic heterocycles. The van der Waals surface area contributed by atoms with Gasteiger partial charge in [-0.2, -0.15) is 5.26 Å². The molecule has 0 radical (unpaired) electrons. The van der Waals surface area contributed by atoms with E-state index in [4.69, 9.17) is 4.74 Å². The molecule has 0 aliphatic carbocycles. The van der Waals surface area contributed by atoms with Crippen LogP contribution in [-0.4, -0.2) is 16.3 Å². The number of pyridine rings is 1. The van der Waals surface area contributed by atoms with E-state index in [1.807, 2.05) is 30.3 Å². The van der Waals surface area contributed by atoms with Gasteiger partial charge in [0.1, 0.15) is 11.6 Å². The van der Waals surface area contributed by atoms with Crippen LogP contribution in [0.1, 0.15) is 95.8 Å². The number of aromatic nitrogens is 1. The first-order valence-corrected chi connectivity index (χ1v) is 13.8. The van der Waals surface area contributed by atoms with E-state index < -0.39 is 5.56 Å². The van der Waals surface area contributed by atoms with Crippen LogP contribution >= 0.6 is 0 Å². The molecule has 2 atom stereocenters. The highest BCUT2D eigenvalue weighted by molar-refractivity contribution is 5.59. The number of aromatic hydroxyl groups is 1. The third kappa shape index (κ3) is 8.53. The summed E-state index contributed by atoms with van der Waals surface area (Å²) in [6, 6.07) is 9.62. The van der Waals surface area contributed by atoms with Gasteiger partial charge in [-0.05, 0) is 37.7 Å². The van der Waals surface area contributed by atoms with Crippen molar-refractivity contribution in [1.82, 2.24) is 4.57 Å². The molecule has 0 bridgehead atoms. The topological polar surface area (TPSA) is 100.0 Å². The number of hydrogen-bond acceptors (Lipinski definition) is 6. The molecule has 0 saturated carbocycles. The molecule has 0 aliphatic rings. The summed E-state index contributed by atoms with van der Waals surface area (Å²) < 4.78 is 7.32. The number of nitrogens with zero attached hydrogens (tertiary/aromatic N) is 4. The molecule has 202 valence electrons. The second-order valence-electron chi connectivity index (χ2n) is 9.88. The fraction of sp³-hybridized carbons (Fsp3) is 0.600. The molecule has 0 saturated heterocycles. The first-order chi connectivity index (χ1) is 17.9. The summed E-state index contributed by atoms with van der Waals surface area (Å²) in [5.41, 5.74) is 1.53. The van der Waals surface area contributed by atoms with Gasteiger partial charge in [0, 0.05) is 24.3 Å². The van der Waals surface area contributed by atoms with Crippen LogP contribution in [-0.2, 0) is 17.9 Å². The van der Waals surface area contributed by atoms with Crippen molar-refractivity contribution >= 4 is 11.4 Å². The Labute approximate surface area is 222 Å². The standard InChI is InChI=1S/C30H44N4O3/c1-6-10-14-23(8-3)19-34-29(35)26(18-31)22(5)28(30(34)36)33-32-27-17-13-12-16-25(27)21-37-20-24(9-4)15-11-7-2/h12-13,16-17,23-24,36H,6-11,14-15,19-21H2,1-5H3/b33-32+. The van der Waals surface area contributed by atoms with Crippen LogP contribution in [0.2, 0.25) is 0 Å². The van der Waals surface area contributed by atoms with Crippen LogP contribution < -0.4 is 5.56 Å². The van der Waals surface area contributed by atoms with Crippen molar-refractivity contribution in [2.45, 2.75) is 99.1 Å². The van der Waals surface area contributed by atoms with Crippen molar-refractivity contribution in [3.8, 4) is 11.9 Å².